The summed E-state index contributed by atoms with van der Waals surface area (Å²) >= 11 is 0. The number of aliphatic carboxylic acids is 1. The van der Waals surface area contributed by atoms with Gasteiger partial charge in [-0.25, -0.2) is 4.79 Å². The number of carbonyl (C=O) groups is 2. The Morgan fingerprint density at radius 1 is 0.966 bits per heavy atom. The molecule has 5 rings (SSSR count). The second kappa shape index (κ2) is 6.61. The molecule has 5 nitrogen and oxygen atoms in total. The summed E-state index contributed by atoms with van der Waals surface area (Å²) in [7, 11) is 0. The molecule has 0 saturated heterocycles. The topological polar surface area (TPSA) is 75.6 Å². The van der Waals surface area contributed by atoms with Crippen LogP contribution in [0, 0.1) is 5.41 Å². The number of hydrogen-bond acceptors (Lipinski definition) is 3. The molecular weight excluding hydrogens is 366 g/mol. The van der Waals surface area contributed by atoms with Crippen molar-refractivity contribution in [1.82, 2.24) is 5.32 Å². The van der Waals surface area contributed by atoms with Gasteiger partial charge < -0.3 is 15.2 Å². The highest BCUT2D eigenvalue weighted by Gasteiger charge is 2.63. The maximum atomic E-state index is 12.8. The Bertz CT molecular complexity index is 935. The minimum absolute atomic E-state index is 0.00189. The SMILES string of the molecule is O=C(O)CC1(NC(=O)OCC2c3ccccc3-c3ccccc32)CCCC12CC2. The monoisotopic (exact) mass is 391 g/mol. The number of rotatable bonds is 5. The highest BCUT2D eigenvalue weighted by molar-refractivity contribution is 5.79. The van der Waals surface area contributed by atoms with Crippen LogP contribution in [-0.4, -0.2) is 29.3 Å². The third-order valence-electron chi connectivity index (χ3n) is 7.27. The molecule has 0 aliphatic heterocycles. The average Bonchev–Trinajstić information content (AvgIpc) is 3.33. The summed E-state index contributed by atoms with van der Waals surface area (Å²) in [6, 6.07) is 16.4. The predicted molar refractivity (Wildman–Crippen MR) is 109 cm³/mol. The Balaban J connectivity index is 1.33. The highest BCUT2D eigenvalue weighted by atomic mass is 16.5. The Morgan fingerprint density at radius 3 is 2.17 bits per heavy atom. The second-order valence-corrected chi connectivity index (χ2v) is 8.74. The fourth-order valence-corrected chi connectivity index (χ4v) is 5.72. The first-order valence-electron chi connectivity index (χ1n) is 10.4. The number of carboxylic acids is 1. The number of nitrogens with one attached hydrogen (secondary N) is 1. The molecule has 1 amide bonds. The van der Waals surface area contributed by atoms with Crippen molar-refractivity contribution >= 4 is 12.1 Å². The van der Waals surface area contributed by atoms with E-state index in [0.717, 1.165) is 25.7 Å². The van der Waals surface area contributed by atoms with Crippen molar-refractivity contribution in [3.8, 4) is 11.1 Å². The lowest BCUT2D eigenvalue weighted by molar-refractivity contribution is -0.139. The van der Waals surface area contributed by atoms with Gasteiger partial charge in [0, 0.05) is 5.92 Å². The first-order chi connectivity index (χ1) is 14.0. The summed E-state index contributed by atoms with van der Waals surface area (Å²) in [4.78, 5) is 24.3. The molecule has 0 aromatic heterocycles. The van der Waals surface area contributed by atoms with Crippen LogP contribution in [0.2, 0.25) is 0 Å². The molecular formula is C24H25NO4. The lowest BCUT2D eigenvalue weighted by Gasteiger charge is -2.35. The summed E-state index contributed by atoms with van der Waals surface area (Å²) in [5.74, 6) is -0.862. The smallest absolute Gasteiger partial charge is 0.407 e. The predicted octanol–water partition coefficient (Wildman–Crippen LogP) is 4.70. The van der Waals surface area contributed by atoms with E-state index in [9.17, 15) is 14.7 Å². The molecule has 0 heterocycles. The minimum atomic E-state index is -0.864. The van der Waals surface area contributed by atoms with Crippen LogP contribution in [0.5, 0.6) is 0 Å². The van der Waals surface area contributed by atoms with Crippen LogP contribution in [-0.2, 0) is 9.53 Å². The van der Waals surface area contributed by atoms with Crippen LogP contribution in [0.4, 0.5) is 4.79 Å². The van der Waals surface area contributed by atoms with E-state index < -0.39 is 17.6 Å². The van der Waals surface area contributed by atoms with E-state index >= 15 is 0 Å². The third-order valence-corrected chi connectivity index (χ3v) is 7.27. The van der Waals surface area contributed by atoms with Gasteiger partial charge in [-0.1, -0.05) is 55.0 Å². The largest absolute Gasteiger partial charge is 0.481 e. The molecule has 1 atom stereocenters. The quantitative estimate of drug-likeness (QED) is 0.774. The number of ether oxygens (including phenoxy) is 1. The maximum absolute atomic E-state index is 12.8. The Kier molecular flexibility index (Phi) is 4.16. The summed E-state index contributed by atoms with van der Waals surface area (Å²) < 4.78 is 5.69. The zero-order valence-electron chi connectivity index (χ0n) is 16.3. The van der Waals surface area contributed by atoms with E-state index in [0.29, 0.717) is 6.42 Å². The number of fused-ring (bicyclic) bond motifs is 3. The second-order valence-electron chi connectivity index (χ2n) is 8.74. The van der Waals surface area contributed by atoms with Crippen LogP contribution in [0.15, 0.2) is 48.5 Å². The summed E-state index contributed by atoms with van der Waals surface area (Å²) in [5.41, 5.74) is 4.00. The molecule has 1 spiro atoms. The summed E-state index contributed by atoms with van der Waals surface area (Å²) in [5, 5.41) is 12.4. The highest BCUT2D eigenvalue weighted by Crippen LogP contribution is 2.64. The molecule has 3 aliphatic carbocycles. The van der Waals surface area contributed by atoms with E-state index in [1.165, 1.54) is 22.3 Å². The van der Waals surface area contributed by atoms with Gasteiger partial charge in [-0.2, -0.15) is 0 Å². The number of amides is 1. The van der Waals surface area contributed by atoms with Gasteiger partial charge in [0.15, 0.2) is 0 Å². The van der Waals surface area contributed by atoms with E-state index in [-0.39, 0.29) is 24.4 Å². The Hall–Kier alpha value is -2.82. The van der Waals surface area contributed by atoms with Gasteiger partial charge in [0.2, 0.25) is 0 Å². The molecule has 0 radical (unpaired) electrons. The molecule has 1 unspecified atom stereocenters. The van der Waals surface area contributed by atoms with Gasteiger partial charge in [0.25, 0.3) is 0 Å². The lowest BCUT2D eigenvalue weighted by atomic mass is 9.81. The number of benzene rings is 2. The van der Waals surface area contributed by atoms with Crippen LogP contribution in [0.3, 0.4) is 0 Å². The van der Waals surface area contributed by atoms with E-state index in [1.807, 2.05) is 24.3 Å². The van der Waals surface area contributed by atoms with Crippen molar-refractivity contribution in [1.29, 1.82) is 0 Å². The third kappa shape index (κ3) is 2.91. The standard InChI is InChI=1S/C24H25NO4/c26-21(27)14-24(11-5-10-23(24)12-13-23)25-22(28)29-15-20-18-8-3-1-6-16(18)17-7-2-4-9-19(17)20/h1-4,6-9,20H,5,10-15H2,(H,25,28)(H,26,27). The number of carboxylic acid groups (broad SMARTS) is 1. The van der Waals surface area contributed by atoms with Crippen molar-refractivity contribution in [2.45, 2.75) is 50.0 Å². The average molecular weight is 391 g/mol. The Morgan fingerprint density at radius 2 is 1.59 bits per heavy atom. The fraction of sp³-hybridized carbons (Fsp3) is 0.417. The molecule has 0 bridgehead atoms. The first kappa shape index (κ1) is 18.2. The summed E-state index contributed by atoms with van der Waals surface area (Å²) in [6.07, 6.45) is 4.11. The minimum Gasteiger partial charge on any atom is -0.481 e. The van der Waals surface area contributed by atoms with E-state index in [1.54, 1.807) is 0 Å². The zero-order valence-corrected chi connectivity index (χ0v) is 16.3. The molecule has 3 aliphatic rings. The van der Waals surface area contributed by atoms with Gasteiger partial charge in [-0.3, -0.25) is 4.79 Å². The van der Waals surface area contributed by atoms with Crippen molar-refractivity contribution in [2.75, 3.05) is 6.61 Å². The van der Waals surface area contributed by atoms with Gasteiger partial charge in [0.1, 0.15) is 6.61 Å². The first-order valence-corrected chi connectivity index (χ1v) is 10.4. The number of carbonyl (C=O) groups excluding carboxylic acids is 1. The molecule has 2 aromatic rings. The molecule has 2 aromatic carbocycles. The maximum Gasteiger partial charge on any atom is 0.407 e. The van der Waals surface area contributed by atoms with E-state index in [4.69, 9.17) is 4.74 Å². The zero-order chi connectivity index (χ0) is 20.1. The normalized spacial score (nSPS) is 23.4. The molecule has 2 fully saturated rings. The van der Waals surface area contributed by atoms with Crippen LogP contribution in [0.1, 0.15) is 55.6 Å². The van der Waals surface area contributed by atoms with E-state index in [2.05, 4.69) is 29.6 Å². The van der Waals surface area contributed by atoms with Crippen LogP contribution >= 0.6 is 0 Å². The lowest BCUT2D eigenvalue weighted by Crippen LogP contribution is -2.53. The Labute approximate surface area is 170 Å². The molecule has 29 heavy (non-hydrogen) atoms. The van der Waals surface area contributed by atoms with Gasteiger partial charge in [0.05, 0.1) is 12.0 Å². The number of alkyl carbamates (subject to hydrolysis) is 1. The van der Waals surface area contributed by atoms with Crippen LogP contribution < -0.4 is 5.32 Å². The van der Waals surface area contributed by atoms with Crippen molar-refractivity contribution < 1.29 is 19.4 Å². The van der Waals surface area contributed by atoms with Crippen molar-refractivity contribution in [3.63, 3.8) is 0 Å². The molecule has 5 heteroatoms. The fourth-order valence-electron chi connectivity index (χ4n) is 5.72. The number of hydrogen-bond donors (Lipinski definition) is 2. The van der Waals surface area contributed by atoms with Crippen LogP contribution in [0.25, 0.3) is 11.1 Å². The molecule has 2 N–H and O–H groups in total. The van der Waals surface area contributed by atoms with Gasteiger partial charge >= 0.3 is 12.1 Å². The van der Waals surface area contributed by atoms with Crippen molar-refractivity contribution in [3.05, 3.63) is 59.7 Å². The molecule has 150 valence electrons. The van der Waals surface area contributed by atoms with Crippen molar-refractivity contribution in [2.24, 2.45) is 5.41 Å². The molecule has 2 saturated carbocycles. The summed E-state index contributed by atoms with van der Waals surface area (Å²) in [6.45, 7) is 0.246. The van der Waals surface area contributed by atoms with Gasteiger partial charge in [-0.15, -0.1) is 0 Å². The van der Waals surface area contributed by atoms with Gasteiger partial charge in [-0.05, 0) is 53.4 Å².